The molecule has 18 nitrogen and oxygen atoms in total. The average Bonchev–Trinajstić information content (AvgIpc) is 3.14. The van der Waals surface area contributed by atoms with Crippen LogP contribution in [0.3, 0.4) is 0 Å². The summed E-state index contributed by atoms with van der Waals surface area (Å²) in [5, 5.41) is 31.3. The topological polar surface area (TPSA) is 261 Å². The SMILES string of the molecule is C.COc1cc(F)ccc1[N+](=O)[O-].COc1cc(S(C)(=O)=O)ccc1N.COc1cc(S(C)(=O)=O)ccc1[N+](=O)[O-].COc1cc(SC)ccc1[N+](=O)[O-].C[S-].[Na+]. The number of ether oxygens (including phenoxy) is 4. The van der Waals surface area contributed by atoms with E-state index in [0.29, 0.717) is 17.2 Å². The molecule has 0 aliphatic carbocycles. The summed E-state index contributed by atoms with van der Waals surface area (Å²) in [6, 6.07) is 15.6. The predicted molar refractivity (Wildman–Crippen MR) is 214 cm³/mol. The van der Waals surface area contributed by atoms with E-state index in [1.165, 1.54) is 70.5 Å². The molecule has 0 amide bonds. The summed E-state index contributed by atoms with van der Waals surface area (Å²) in [6.07, 6.45) is 5.65. The maximum absolute atomic E-state index is 12.5. The average molecular weight is 889 g/mol. The summed E-state index contributed by atoms with van der Waals surface area (Å²) >= 11 is 5.60. The second kappa shape index (κ2) is 27.3. The molecule has 4 rings (SSSR count). The number of halogens is 1. The van der Waals surface area contributed by atoms with Crippen molar-refractivity contribution in [3.8, 4) is 23.0 Å². The van der Waals surface area contributed by atoms with Crippen LogP contribution < -0.4 is 54.2 Å². The summed E-state index contributed by atoms with van der Waals surface area (Å²) in [5.74, 6) is -0.0137. The molecule has 0 aromatic heterocycles. The first kappa shape index (κ1) is 56.9. The van der Waals surface area contributed by atoms with Crippen LogP contribution in [0.15, 0.2) is 87.5 Å². The fourth-order valence-corrected chi connectivity index (χ4v) is 5.40. The third kappa shape index (κ3) is 19.1. The van der Waals surface area contributed by atoms with Gasteiger partial charge in [0.1, 0.15) is 11.6 Å². The number of hydrogen-bond acceptors (Lipinski definition) is 17. The number of rotatable bonds is 10. The van der Waals surface area contributed by atoms with Gasteiger partial charge in [-0.25, -0.2) is 21.2 Å². The zero-order valence-corrected chi connectivity index (χ0v) is 36.8. The van der Waals surface area contributed by atoms with Crippen LogP contribution in [0.1, 0.15) is 7.43 Å². The molecule has 0 aliphatic heterocycles. The molecule has 0 fully saturated rings. The first-order valence-electron chi connectivity index (χ1n) is 14.6. The number of nitrogens with two attached hydrogens (primary N) is 1. The van der Waals surface area contributed by atoms with E-state index in [1.54, 1.807) is 18.4 Å². The minimum atomic E-state index is -3.38. The summed E-state index contributed by atoms with van der Waals surface area (Å²) in [7, 11) is -1.21. The number of hydrogen-bond donors (Lipinski definition) is 1. The third-order valence-electron chi connectivity index (χ3n) is 6.33. The van der Waals surface area contributed by atoms with Gasteiger partial charge in [0.15, 0.2) is 36.9 Å². The van der Waals surface area contributed by atoms with Gasteiger partial charge >= 0.3 is 46.6 Å². The Morgan fingerprint density at radius 1 is 0.614 bits per heavy atom. The Hall–Kier alpha value is -4.39. The Morgan fingerprint density at radius 3 is 1.32 bits per heavy atom. The van der Waals surface area contributed by atoms with Crippen LogP contribution in [0.5, 0.6) is 23.0 Å². The van der Waals surface area contributed by atoms with Crippen molar-refractivity contribution in [3.63, 3.8) is 0 Å². The number of benzene rings is 4. The van der Waals surface area contributed by atoms with Gasteiger partial charge < -0.3 is 37.3 Å². The Balaban J connectivity index is -0.000000666. The molecule has 57 heavy (non-hydrogen) atoms. The quantitative estimate of drug-likeness (QED) is 0.0596. The second-order valence-corrected chi connectivity index (χ2v) is 14.8. The van der Waals surface area contributed by atoms with Crippen LogP contribution >= 0.6 is 11.8 Å². The van der Waals surface area contributed by atoms with E-state index >= 15 is 0 Å². The number of anilines is 1. The molecule has 0 heterocycles. The first-order valence-corrected chi connectivity index (χ1v) is 20.4. The molecule has 0 spiro atoms. The van der Waals surface area contributed by atoms with Crippen LogP contribution in [0, 0.1) is 36.2 Å². The number of methoxy groups -OCH3 is 4. The monoisotopic (exact) mass is 888 g/mol. The zero-order valence-electron chi connectivity index (χ0n) is 31.6. The summed E-state index contributed by atoms with van der Waals surface area (Å²) in [5.41, 5.74) is 5.45. The predicted octanol–water partition coefficient (Wildman–Crippen LogP) is 3.56. The molecule has 4 aromatic carbocycles. The smallest absolute Gasteiger partial charge is 0.796 e. The zero-order chi connectivity index (χ0) is 42.7. The fraction of sp³-hybridized carbons (Fsp3) is 0.273. The molecular formula is C33H42FN4NaO14S4. The summed E-state index contributed by atoms with van der Waals surface area (Å²) in [6.45, 7) is 0. The Kier molecular flexibility index (Phi) is 27.3. The maximum Gasteiger partial charge on any atom is 1.00 e. The van der Waals surface area contributed by atoms with Crippen LogP contribution in [-0.2, 0) is 32.3 Å². The molecule has 0 atom stereocenters. The van der Waals surface area contributed by atoms with Gasteiger partial charge in [-0.05, 0) is 36.6 Å². The Bertz CT molecular complexity index is 2160. The molecule has 310 valence electrons. The van der Waals surface area contributed by atoms with Gasteiger partial charge in [-0.1, -0.05) is 7.43 Å². The molecule has 0 saturated carbocycles. The molecule has 2 N–H and O–H groups in total. The number of nitro groups is 3. The molecule has 0 saturated heterocycles. The number of sulfone groups is 2. The van der Waals surface area contributed by atoms with Crippen molar-refractivity contribution >= 4 is 66.8 Å². The fourth-order valence-electron chi connectivity index (χ4n) is 3.70. The van der Waals surface area contributed by atoms with Crippen molar-refractivity contribution in [2.45, 2.75) is 22.1 Å². The van der Waals surface area contributed by atoms with Crippen molar-refractivity contribution in [1.82, 2.24) is 0 Å². The molecule has 0 radical (unpaired) electrons. The van der Waals surface area contributed by atoms with Crippen molar-refractivity contribution in [2.75, 3.05) is 59.2 Å². The van der Waals surface area contributed by atoms with Gasteiger partial charge in [0.25, 0.3) is 0 Å². The van der Waals surface area contributed by atoms with Crippen LogP contribution in [0.2, 0.25) is 0 Å². The van der Waals surface area contributed by atoms with E-state index in [1.807, 2.05) is 6.26 Å². The maximum atomic E-state index is 12.5. The molecule has 0 unspecified atom stereocenters. The standard InChI is InChI=1S/C8H9NO5S.C8H11NO3S.C8H9NO3S.C7H6FNO3.CH4S.CH4.Na/c1-14-8-5-6(15(2,12)13)3-4-7(8)9(10)11;1-12-8-5-6(13(2,10)11)3-4-7(8)9;1-12-8-5-6(13-2)3-4-7(8)9(10)11;1-12-7-4-5(8)2-3-6(7)9(10)11;1-2;;/h3-5H,1-2H3;3-5H,9H2,1-2H3;3-5H,1-2H3;2-4H,1H3;2H,1H3;1H4;/q;;;;;;+1/p-1. The Morgan fingerprint density at radius 2 is 0.947 bits per heavy atom. The second-order valence-electron chi connectivity index (χ2n) is 9.91. The summed E-state index contributed by atoms with van der Waals surface area (Å²) in [4.78, 5) is 30.7. The number of nitrogen functional groups attached to an aromatic ring is 1. The van der Waals surface area contributed by atoms with E-state index in [4.69, 9.17) is 19.9 Å². The van der Waals surface area contributed by atoms with Crippen molar-refractivity contribution in [3.05, 3.63) is 109 Å². The van der Waals surface area contributed by atoms with E-state index in [0.717, 1.165) is 47.7 Å². The van der Waals surface area contributed by atoms with Crippen molar-refractivity contribution < 1.29 is 84.5 Å². The normalized spacial score (nSPS) is 9.79. The largest absolute Gasteiger partial charge is 1.00 e. The van der Waals surface area contributed by atoms with E-state index in [9.17, 15) is 51.6 Å². The molecule has 4 aromatic rings. The first-order chi connectivity index (χ1) is 25.6. The van der Waals surface area contributed by atoms with Gasteiger partial charge in [-0.2, -0.15) is 6.26 Å². The van der Waals surface area contributed by atoms with Gasteiger partial charge in [0, 0.05) is 59.9 Å². The number of nitrogens with zero attached hydrogens (tertiary/aromatic N) is 3. The van der Waals surface area contributed by atoms with Crippen LogP contribution in [0.4, 0.5) is 27.1 Å². The third-order valence-corrected chi connectivity index (χ3v) is 9.28. The van der Waals surface area contributed by atoms with Crippen molar-refractivity contribution in [1.29, 1.82) is 0 Å². The van der Waals surface area contributed by atoms with E-state index in [2.05, 4.69) is 17.4 Å². The minimum absolute atomic E-state index is 0. The van der Waals surface area contributed by atoms with Gasteiger partial charge in [-0.15, -0.1) is 11.8 Å². The number of nitro benzene ring substituents is 3. The van der Waals surface area contributed by atoms with E-state index in [-0.39, 0.29) is 75.3 Å². The molecular weight excluding hydrogens is 847 g/mol. The van der Waals surface area contributed by atoms with Crippen LogP contribution in [-0.4, -0.2) is 85.1 Å². The molecule has 0 aliphatic rings. The summed E-state index contributed by atoms with van der Waals surface area (Å²) < 4.78 is 76.2. The minimum Gasteiger partial charge on any atom is -0.796 e. The Labute approximate surface area is 362 Å². The molecule has 24 heteroatoms. The van der Waals surface area contributed by atoms with Gasteiger partial charge in [-0.3, -0.25) is 30.3 Å². The number of thioether (sulfide) groups is 1. The van der Waals surface area contributed by atoms with Gasteiger partial charge in [0.2, 0.25) is 0 Å². The van der Waals surface area contributed by atoms with Crippen molar-refractivity contribution in [2.24, 2.45) is 0 Å². The van der Waals surface area contributed by atoms with Gasteiger partial charge in [0.05, 0.1) is 58.7 Å². The van der Waals surface area contributed by atoms with E-state index < -0.39 is 40.3 Å². The molecule has 0 bridgehead atoms. The van der Waals surface area contributed by atoms with Crippen LogP contribution in [0.25, 0.3) is 0 Å².